The Hall–Kier alpha value is -2.79. The standard InChI is InChI=1S/C18H17N2O3/c1-23-12-11-20(18(22)17-9-5-6-10-19-17)16(14-21)13-15-7-3-2-4-8-15/h2-10,13H,11-12H2,1H3. The van der Waals surface area contributed by atoms with Crippen molar-refractivity contribution >= 4 is 18.3 Å². The number of amides is 1. The molecule has 0 N–H and O–H groups in total. The van der Waals surface area contributed by atoms with Gasteiger partial charge in [0.1, 0.15) is 5.69 Å². The number of nitrogens with zero attached hydrogens (tertiary/aromatic N) is 2. The van der Waals surface area contributed by atoms with E-state index < -0.39 is 0 Å². The van der Waals surface area contributed by atoms with Gasteiger partial charge in [-0.15, -0.1) is 0 Å². The molecule has 0 aliphatic rings. The number of benzene rings is 1. The monoisotopic (exact) mass is 309 g/mol. The van der Waals surface area contributed by atoms with E-state index in [1.54, 1.807) is 24.3 Å². The van der Waals surface area contributed by atoms with Crippen LogP contribution in [0.3, 0.4) is 0 Å². The molecule has 1 radical (unpaired) electrons. The van der Waals surface area contributed by atoms with Crippen LogP contribution in [0.25, 0.3) is 6.08 Å². The van der Waals surface area contributed by atoms with Crippen LogP contribution >= 0.6 is 0 Å². The van der Waals surface area contributed by atoms with Crippen molar-refractivity contribution in [3.8, 4) is 0 Å². The number of pyridine rings is 1. The maximum atomic E-state index is 12.6. The van der Waals surface area contributed by atoms with Gasteiger partial charge in [0.2, 0.25) is 0 Å². The summed E-state index contributed by atoms with van der Waals surface area (Å²) in [6.07, 6.45) is 4.99. The molecule has 117 valence electrons. The van der Waals surface area contributed by atoms with Gasteiger partial charge >= 0.3 is 0 Å². The summed E-state index contributed by atoms with van der Waals surface area (Å²) in [7, 11) is 1.54. The zero-order chi connectivity index (χ0) is 16.5. The summed E-state index contributed by atoms with van der Waals surface area (Å²) in [6, 6.07) is 14.3. The Kier molecular flexibility index (Phi) is 6.20. The molecule has 5 nitrogen and oxygen atoms in total. The summed E-state index contributed by atoms with van der Waals surface area (Å²) < 4.78 is 5.03. The largest absolute Gasteiger partial charge is 0.383 e. The van der Waals surface area contributed by atoms with E-state index in [2.05, 4.69) is 4.98 Å². The highest BCUT2D eigenvalue weighted by atomic mass is 16.5. The highest BCUT2D eigenvalue weighted by molar-refractivity contribution is 5.98. The van der Waals surface area contributed by atoms with Crippen LogP contribution in [-0.4, -0.2) is 42.3 Å². The molecule has 0 unspecified atom stereocenters. The zero-order valence-corrected chi connectivity index (χ0v) is 12.8. The van der Waals surface area contributed by atoms with Crippen LogP contribution in [0.4, 0.5) is 0 Å². The van der Waals surface area contributed by atoms with E-state index in [0.29, 0.717) is 6.61 Å². The normalized spacial score (nSPS) is 11.1. The number of ether oxygens (including phenoxy) is 1. The number of allylic oxidation sites excluding steroid dienone is 1. The minimum absolute atomic E-state index is 0.143. The number of hydrogen-bond donors (Lipinski definition) is 0. The molecule has 0 atom stereocenters. The Morgan fingerprint density at radius 1 is 1.22 bits per heavy atom. The Morgan fingerprint density at radius 3 is 2.57 bits per heavy atom. The first-order valence-corrected chi connectivity index (χ1v) is 7.13. The molecule has 1 amide bonds. The molecule has 5 heteroatoms. The molecule has 0 spiro atoms. The number of carbonyl (C=O) groups is 1. The smallest absolute Gasteiger partial charge is 0.277 e. The summed E-state index contributed by atoms with van der Waals surface area (Å²) >= 11 is 0. The molecule has 1 aromatic carbocycles. The number of rotatable bonds is 7. The molecule has 0 saturated heterocycles. The molecule has 23 heavy (non-hydrogen) atoms. The SMILES string of the molecule is COCCN(C(=O)c1ccccn1)C([C]=O)=Cc1ccccc1. The lowest BCUT2D eigenvalue weighted by Gasteiger charge is -2.21. The molecule has 0 bridgehead atoms. The molecule has 0 fully saturated rings. The summed E-state index contributed by atoms with van der Waals surface area (Å²) in [5.41, 5.74) is 1.21. The van der Waals surface area contributed by atoms with Gasteiger partial charge in [-0.05, 0) is 23.8 Å². The van der Waals surface area contributed by atoms with Gasteiger partial charge in [0, 0.05) is 19.9 Å². The second kappa shape index (κ2) is 8.60. The van der Waals surface area contributed by atoms with Crippen molar-refractivity contribution < 1.29 is 14.3 Å². The topological polar surface area (TPSA) is 59.5 Å². The Balaban J connectivity index is 2.34. The van der Waals surface area contributed by atoms with E-state index in [1.807, 2.05) is 36.6 Å². The molecule has 0 aliphatic heterocycles. The zero-order valence-electron chi connectivity index (χ0n) is 12.8. The van der Waals surface area contributed by atoms with Crippen LogP contribution in [0.2, 0.25) is 0 Å². The predicted octanol–water partition coefficient (Wildman–Crippen LogP) is 2.32. The van der Waals surface area contributed by atoms with E-state index in [9.17, 15) is 9.59 Å². The summed E-state index contributed by atoms with van der Waals surface area (Å²) in [4.78, 5) is 29.4. The lowest BCUT2D eigenvalue weighted by atomic mass is 10.2. The van der Waals surface area contributed by atoms with Crippen LogP contribution in [0.5, 0.6) is 0 Å². The lowest BCUT2D eigenvalue weighted by Crippen LogP contribution is -2.34. The quantitative estimate of drug-likeness (QED) is 0.737. The Labute approximate surface area is 135 Å². The third-order valence-electron chi connectivity index (χ3n) is 3.15. The average molecular weight is 309 g/mol. The van der Waals surface area contributed by atoms with Crippen molar-refractivity contribution in [3.63, 3.8) is 0 Å². The van der Waals surface area contributed by atoms with Gasteiger partial charge in [-0.2, -0.15) is 0 Å². The fourth-order valence-corrected chi connectivity index (χ4v) is 2.01. The fraction of sp³-hybridized carbons (Fsp3) is 0.167. The van der Waals surface area contributed by atoms with Crippen molar-refractivity contribution in [2.24, 2.45) is 0 Å². The summed E-state index contributed by atoms with van der Waals surface area (Å²) in [6.45, 7) is 0.534. The molecule has 2 aromatic rings. The first kappa shape index (κ1) is 16.6. The number of aromatic nitrogens is 1. The van der Waals surface area contributed by atoms with Crippen LogP contribution in [0.1, 0.15) is 16.1 Å². The van der Waals surface area contributed by atoms with Crippen molar-refractivity contribution in [1.29, 1.82) is 0 Å². The van der Waals surface area contributed by atoms with Crippen LogP contribution in [0, 0.1) is 0 Å². The second-order valence-corrected chi connectivity index (χ2v) is 4.71. The highest BCUT2D eigenvalue weighted by Gasteiger charge is 2.20. The van der Waals surface area contributed by atoms with Crippen LogP contribution < -0.4 is 0 Å². The maximum absolute atomic E-state index is 12.6. The van der Waals surface area contributed by atoms with E-state index in [1.165, 1.54) is 18.2 Å². The minimum Gasteiger partial charge on any atom is -0.383 e. The van der Waals surface area contributed by atoms with Crippen molar-refractivity contribution in [3.05, 3.63) is 71.7 Å². The van der Waals surface area contributed by atoms with E-state index in [4.69, 9.17) is 4.74 Å². The van der Waals surface area contributed by atoms with Gasteiger partial charge in [-0.1, -0.05) is 36.4 Å². The molecule has 1 aromatic heterocycles. The van der Waals surface area contributed by atoms with Gasteiger partial charge < -0.3 is 9.64 Å². The molecular weight excluding hydrogens is 292 g/mol. The lowest BCUT2D eigenvalue weighted by molar-refractivity contribution is 0.0762. The fourth-order valence-electron chi connectivity index (χ4n) is 2.01. The molecule has 0 saturated carbocycles. The van der Waals surface area contributed by atoms with Crippen molar-refractivity contribution in [2.75, 3.05) is 20.3 Å². The average Bonchev–Trinajstić information content (AvgIpc) is 2.62. The molecule has 1 heterocycles. The first-order chi connectivity index (χ1) is 11.3. The van der Waals surface area contributed by atoms with Gasteiger partial charge in [0.25, 0.3) is 12.2 Å². The minimum atomic E-state index is -0.367. The van der Waals surface area contributed by atoms with Gasteiger partial charge in [0.15, 0.2) is 0 Å². The third kappa shape index (κ3) is 4.59. The van der Waals surface area contributed by atoms with Crippen LogP contribution in [-0.2, 0) is 9.53 Å². The van der Waals surface area contributed by atoms with Crippen LogP contribution in [0.15, 0.2) is 60.4 Å². The Bertz CT molecular complexity index is 669. The molecule has 2 rings (SSSR count). The maximum Gasteiger partial charge on any atom is 0.277 e. The number of carbonyl (C=O) groups excluding carboxylic acids is 2. The molecule has 0 aliphatic carbocycles. The summed E-state index contributed by atoms with van der Waals surface area (Å²) in [5, 5.41) is 0. The van der Waals surface area contributed by atoms with Gasteiger partial charge in [0.05, 0.1) is 12.3 Å². The summed E-state index contributed by atoms with van der Waals surface area (Å²) in [5.74, 6) is -0.367. The Morgan fingerprint density at radius 2 is 1.96 bits per heavy atom. The van der Waals surface area contributed by atoms with Crippen molar-refractivity contribution in [1.82, 2.24) is 9.88 Å². The first-order valence-electron chi connectivity index (χ1n) is 7.13. The number of methoxy groups -OCH3 is 1. The predicted molar refractivity (Wildman–Crippen MR) is 87.3 cm³/mol. The van der Waals surface area contributed by atoms with Gasteiger partial charge in [-0.25, -0.2) is 0 Å². The van der Waals surface area contributed by atoms with Gasteiger partial charge in [-0.3, -0.25) is 14.6 Å². The van der Waals surface area contributed by atoms with Crippen molar-refractivity contribution in [2.45, 2.75) is 0 Å². The number of hydrogen-bond acceptors (Lipinski definition) is 4. The van der Waals surface area contributed by atoms with E-state index in [-0.39, 0.29) is 23.8 Å². The molecular formula is C18H17N2O3. The third-order valence-corrected chi connectivity index (χ3v) is 3.15. The van der Waals surface area contributed by atoms with E-state index in [0.717, 1.165) is 5.56 Å². The van der Waals surface area contributed by atoms with E-state index >= 15 is 0 Å². The second-order valence-electron chi connectivity index (χ2n) is 4.71. The highest BCUT2D eigenvalue weighted by Crippen LogP contribution is 2.12.